The van der Waals surface area contributed by atoms with Crippen LogP contribution >= 0.6 is 0 Å². The Hall–Kier alpha value is 0.426. The molecule has 0 aromatic rings. The maximum Gasteiger partial charge on any atom is 1.00 e. The number of nitrogens with zero attached hydrogens (tertiary/aromatic N) is 1. The Labute approximate surface area is 188 Å². The molecule has 2 unspecified atom stereocenters. The zero-order chi connectivity index (χ0) is 17.5. The number of carboxylic acid groups (broad SMARTS) is 1. The molecule has 0 aromatic carbocycles. The van der Waals surface area contributed by atoms with E-state index < -0.39 is 18.2 Å². The van der Waals surface area contributed by atoms with E-state index in [0.29, 0.717) is 45.6 Å². The Kier molecular flexibility index (Phi) is 20.2. The number of hydrogen-bond acceptors (Lipinski definition) is 6. The van der Waals surface area contributed by atoms with E-state index in [1.54, 1.807) is 0 Å². The van der Waals surface area contributed by atoms with Crippen LogP contribution in [0.25, 0.3) is 0 Å². The number of allylic oxidation sites excluding steroid dienone is 2. The van der Waals surface area contributed by atoms with Crippen molar-refractivity contribution in [2.24, 2.45) is 0 Å². The molecule has 0 aliphatic carbocycles. The Balaban J connectivity index is 0. The van der Waals surface area contributed by atoms with Crippen molar-refractivity contribution in [3.63, 3.8) is 0 Å². The van der Waals surface area contributed by atoms with Gasteiger partial charge in [-0.1, -0.05) is 24.3 Å². The molecule has 7 heteroatoms. The first kappa shape index (κ1) is 26.7. The summed E-state index contributed by atoms with van der Waals surface area (Å²) in [5.74, 6) is -1.09. The fraction of sp³-hybridized carbons (Fsp3) is 0.706. The number of rotatable bonds is 14. The second-order valence-electron chi connectivity index (χ2n) is 5.54. The Morgan fingerprint density at radius 1 is 1.12 bits per heavy atom. The Morgan fingerprint density at radius 2 is 1.71 bits per heavy atom. The van der Waals surface area contributed by atoms with Crippen molar-refractivity contribution in [2.75, 3.05) is 32.7 Å². The molecule has 0 heterocycles. The van der Waals surface area contributed by atoms with Gasteiger partial charge in [0.1, 0.15) is 0 Å². The van der Waals surface area contributed by atoms with Gasteiger partial charge in [-0.25, -0.2) is 0 Å². The second-order valence-corrected chi connectivity index (χ2v) is 5.54. The number of carboxylic acids is 1. The van der Waals surface area contributed by atoms with Crippen LogP contribution in [0.15, 0.2) is 24.3 Å². The number of hydrogen-bond donors (Lipinski definition) is 3. The maximum atomic E-state index is 10.6. The van der Waals surface area contributed by atoms with E-state index in [-0.39, 0.29) is 57.8 Å². The first-order chi connectivity index (χ1) is 11.0. The third-order valence-electron chi connectivity index (χ3n) is 3.37. The summed E-state index contributed by atoms with van der Waals surface area (Å²) in [5, 5.41) is 33.4. The minimum atomic E-state index is -1.09. The van der Waals surface area contributed by atoms with Gasteiger partial charge in [-0.2, -0.15) is 0 Å². The van der Waals surface area contributed by atoms with E-state index in [9.17, 15) is 20.1 Å². The SMILES string of the molecule is C/C=C/CC(O)CNCCN(CCC(=O)[O-])CC(O)C/C=C/C.[K+]. The standard InChI is InChI=1S/C17H32N2O4.K/c1-3-5-7-15(20)13-18-10-12-19(11-9-17(22)23)14-16(21)8-6-4-2;/h3-6,15-16,18,20-21H,7-14H2,1-2H3,(H,22,23);/q;+1/p-1/b5-3+,6-4+;. The van der Waals surface area contributed by atoms with Crippen molar-refractivity contribution in [3.05, 3.63) is 24.3 Å². The van der Waals surface area contributed by atoms with E-state index in [4.69, 9.17) is 0 Å². The number of carbonyl (C=O) groups excluding carboxylic acids is 1. The van der Waals surface area contributed by atoms with Gasteiger partial charge in [-0.05, 0) is 33.1 Å². The molecular weight excluding hydrogens is 335 g/mol. The smallest absolute Gasteiger partial charge is 0.550 e. The van der Waals surface area contributed by atoms with Crippen molar-refractivity contribution in [1.29, 1.82) is 0 Å². The van der Waals surface area contributed by atoms with E-state index >= 15 is 0 Å². The third kappa shape index (κ3) is 17.3. The predicted octanol–water partition coefficient (Wildman–Crippen LogP) is -3.32. The molecule has 0 radical (unpaired) electrons. The Morgan fingerprint density at radius 3 is 2.25 bits per heavy atom. The molecule has 6 nitrogen and oxygen atoms in total. The van der Waals surface area contributed by atoms with Crippen molar-refractivity contribution >= 4 is 5.97 Å². The number of aliphatic hydroxyl groups is 2. The van der Waals surface area contributed by atoms with Crippen molar-refractivity contribution in [3.8, 4) is 0 Å². The number of nitrogens with one attached hydrogen (secondary N) is 1. The monoisotopic (exact) mass is 366 g/mol. The molecule has 0 rings (SSSR count). The van der Waals surface area contributed by atoms with E-state index in [1.807, 2.05) is 43.1 Å². The Bertz CT molecular complexity index is 364. The van der Waals surface area contributed by atoms with Crippen LogP contribution in [0.4, 0.5) is 0 Å². The first-order valence-electron chi connectivity index (χ1n) is 8.20. The van der Waals surface area contributed by atoms with Crippen molar-refractivity contribution < 1.29 is 71.5 Å². The maximum absolute atomic E-state index is 10.6. The van der Waals surface area contributed by atoms with Gasteiger partial charge in [0, 0.05) is 38.7 Å². The van der Waals surface area contributed by atoms with E-state index in [2.05, 4.69) is 5.32 Å². The summed E-state index contributed by atoms with van der Waals surface area (Å²) < 4.78 is 0. The molecule has 134 valence electrons. The molecule has 0 aromatic heterocycles. The summed E-state index contributed by atoms with van der Waals surface area (Å²) in [6, 6.07) is 0. The summed E-state index contributed by atoms with van der Waals surface area (Å²) in [6.07, 6.45) is 7.73. The van der Waals surface area contributed by atoms with Crippen LogP contribution in [0, 0.1) is 0 Å². The molecule has 0 amide bonds. The van der Waals surface area contributed by atoms with Gasteiger partial charge in [-0.15, -0.1) is 0 Å². The number of carbonyl (C=O) groups is 1. The zero-order valence-electron chi connectivity index (χ0n) is 15.3. The minimum Gasteiger partial charge on any atom is -0.550 e. The van der Waals surface area contributed by atoms with Crippen LogP contribution in [-0.4, -0.2) is 66.0 Å². The van der Waals surface area contributed by atoms with E-state index in [1.165, 1.54) is 0 Å². The number of aliphatic hydroxyl groups excluding tert-OH is 2. The molecule has 0 bridgehead atoms. The van der Waals surface area contributed by atoms with Gasteiger partial charge in [-0.3, -0.25) is 4.90 Å². The molecule has 3 N–H and O–H groups in total. The molecule has 0 spiro atoms. The molecule has 0 aliphatic rings. The predicted molar refractivity (Wildman–Crippen MR) is 89.8 cm³/mol. The summed E-state index contributed by atoms with van der Waals surface area (Å²) in [4.78, 5) is 12.5. The van der Waals surface area contributed by atoms with Crippen LogP contribution in [0.1, 0.15) is 33.1 Å². The van der Waals surface area contributed by atoms with Crippen LogP contribution in [0.2, 0.25) is 0 Å². The van der Waals surface area contributed by atoms with Gasteiger partial charge in [0.15, 0.2) is 0 Å². The molecular formula is C17H31KN2O4. The average molecular weight is 367 g/mol. The average Bonchev–Trinajstić information content (AvgIpc) is 2.52. The van der Waals surface area contributed by atoms with Crippen LogP contribution in [-0.2, 0) is 4.79 Å². The molecule has 0 aliphatic heterocycles. The molecule has 0 fully saturated rings. The zero-order valence-corrected chi connectivity index (χ0v) is 18.4. The summed E-state index contributed by atoms with van der Waals surface area (Å²) >= 11 is 0. The van der Waals surface area contributed by atoms with Gasteiger partial charge in [0.2, 0.25) is 0 Å². The number of aliphatic carboxylic acids is 1. The fourth-order valence-electron chi connectivity index (χ4n) is 2.09. The summed E-state index contributed by atoms with van der Waals surface area (Å²) in [5.41, 5.74) is 0. The van der Waals surface area contributed by atoms with Crippen LogP contribution in [0.3, 0.4) is 0 Å². The van der Waals surface area contributed by atoms with Gasteiger partial charge < -0.3 is 25.4 Å². The molecule has 2 atom stereocenters. The summed E-state index contributed by atoms with van der Waals surface area (Å²) in [7, 11) is 0. The quantitative estimate of drug-likeness (QED) is 0.169. The minimum absolute atomic E-state index is 0. The van der Waals surface area contributed by atoms with Crippen molar-refractivity contribution in [1.82, 2.24) is 10.2 Å². The fourth-order valence-corrected chi connectivity index (χ4v) is 2.09. The normalized spacial score (nSPS) is 14.2. The topological polar surface area (TPSA) is 95.9 Å². The molecule has 0 saturated heterocycles. The second kappa shape index (κ2) is 18.2. The van der Waals surface area contributed by atoms with Crippen molar-refractivity contribution in [2.45, 2.75) is 45.3 Å². The van der Waals surface area contributed by atoms with E-state index in [0.717, 1.165) is 0 Å². The third-order valence-corrected chi connectivity index (χ3v) is 3.37. The van der Waals surface area contributed by atoms with Gasteiger partial charge in [0.25, 0.3) is 0 Å². The summed E-state index contributed by atoms with van der Waals surface area (Å²) in [6.45, 7) is 6.28. The van der Waals surface area contributed by atoms with Gasteiger partial charge >= 0.3 is 51.4 Å². The van der Waals surface area contributed by atoms with Gasteiger partial charge in [0.05, 0.1) is 12.2 Å². The first-order valence-corrected chi connectivity index (χ1v) is 8.20. The largest absolute Gasteiger partial charge is 1.00 e. The molecule has 24 heavy (non-hydrogen) atoms. The van der Waals surface area contributed by atoms with Crippen LogP contribution in [0.5, 0.6) is 0 Å². The van der Waals surface area contributed by atoms with Crippen LogP contribution < -0.4 is 61.8 Å². The molecule has 0 saturated carbocycles.